The lowest BCUT2D eigenvalue weighted by atomic mass is 10.4. The van der Waals surface area contributed by atoms with Gasteiger partial charge >= 0.3 is 5.24 Å². The fraction of sp³-hybridized carbons (Fsp3) is 0.800. The molecule has 4 heteroatoms. The standard InChI is InChI=1S/C5H9NOS2/c6-5(7)9-4-2-1-3-8-9/h1-4H2,(H-,6,7)/p+1. The third-order valence-corrected chi connectivity index (χ3v) is 5.37. The lowest BCUT2D eigenvalue weighted by Gasteiger charge is -2.05. The van der Waals surface area contributed by atoms with Gasteiger partial charge in [0.25, 0.3) is 0 Å². The molecule has 1 aliphatic heterocycles. The van der Waals surface area contributed by atoms with Crippen LogP contribution in [0.2, 0.25) is 0 Å². The van der Waals surface area contributed by atoms with Gasteiger partial charge in [0.2, 0.25) is 0 Å². The molecule has 0 radical (unpaired) electrons. The van der Waals surface area contributed by atoms with Gasteiger partial charge in [0.1, 0.15) is 16.5 Å². The highest BCUT2D eigenvalue weighted by Crippen LogP contribution is 2.24. The van der Waals surface area contributed by atoms with E-state index in [2.05, 4.69) is 0 Å². The molecule has 0 saturated carbocycles. The first kappa shape index (κ1) is 7.28. The first-order valence-corrected chi connectivity index (χ1v) is 5.84. The summed E-state index contributed by atoms with van der Waals surface area (Å²) in [6.07, 6.45) is 2.43. The van der Waals surface area contributed by atoms with Crippen LogP contribution in [0.5, 0.6) is 0 Å². The molecule has 0 bridgehead atoms. The fourth-order valence-corrected chi connectivity index (χ4v) is 4.15. The minimum atomic E-state index is -0.141. The SMILES string of the molecule is NC(=O)[S+]1CCCCS1. The normalized spacial score (nSPS) is 27.8. The predicted molar refractivity (Wildman–Crippen MR) is 43.5 cm³/mol. The maximum atomic E-state index is 10.6. The molecule has 9 heavy (non-hydrogen) atoms. The van der Waals surface area contributed by atoms with E-state index in [0.29, 0.717) is 0 Å². The van der Waals surface area contributed by atoms with Gasteiger partial charge in [-0.05, 0) is 12.8 Å². The second-order valence-electron chi connectivity index (χ2n) is 1.90. The molecule has 1 unspecified atom stereocenters. The summed E-state index contributed by atoms with van der Waals surface area (Å²) in [4.78, 5) is 10.6. The van der Waals surface area contributed by atoms with Crippen LogP contribution in [0.4, 0.5) is 4.79 Å². The van der Waals surface area contributed by atoms with E-state index >= 15 is 0 Å². The molecule has 0 aliphatic carbocycles. The molecule has 2 nitrogen and oxygen atoms in total. The number of hydrogen-bond acceptors (Lipinski definition) is 2. The zero-order chi connectivity index (χ0) is 6.69. The average molecular weight is 164 g/mol. The molecule has 1 aliphatic rings. The van der Waals surface area contributed by atoms with Crippen molar-refractivity contribution in [2.75, 3.05) is 11.5 Å². The molecule has 1 saturated heterocycles. The van der Waals surface area contributed by atoms with E-state index in [0.717, 1.165) is 11.5 Å². The second-order valence-corrected chi connectivity index (χ2v) is 5.96. The zero-order valence-corrected chi connectivity index (χ0v) is 6.76. The van der Waals surface area contributed by atoms with Crippen molar-refractivity contribution in [2.45, 2.75) is 12.8 Å². The number of rotatable bonds is 0. The molecule has 0 aromatic rings. The maximum Gasteiger partial charge on any atom is 0.439 e. The Kier molecular flexibility index (Phi) is 2.72. The van der Waals surface area contributed by atoms with Gasteiger partial charge < -0.3 is 5.73 Å². The number of amides is 1. The highest BCUT2D eigenvalue weighted by molar-refractivity contribution is 8.79. The summed E-state index contributed by atoms with van der Waals surface area (Å²) in [6, 6.07) is 0. The van der Waals surface area contributed by atoms with Crippen LogP contribution < -0.4 is 5.73 Å². The maximum absolute atomic E-state index is 10.6. The van der Waals surface area contributed by atoms with Crippen molar-refractivity contribution < 1.29 is 4.79 Å². The van der Waals surface area contributed by atoms with Gasteiger partial charge in [0.15, 0.2) is 9.93 Å². The summed E-state index contributed by atoms with van der Waals surface area (Å²) in [5.41, 5.74) is 5.12. The Balaban J connectivity index is 2.31. The number of nitrogens with two attached hydrogens (primary N) is 1. The van der Waals surface area contributed by atoms with Gasteiger partial charge in [0, 0.05) is 5.75 Å². The van der Waals surface area contributed by atoms with E-state index in [4.69, 9.17) is 5.73 Å². The first-order valence-electron chi connectivity index (χ1n) is 2.94. The molecular formula is C5H10NOS2+. The largest absolute Gasteiger partial charge is 0.439 e. The molecule has 1 amide bonds. The van der Waals surface area contributed by atoms with Crippen LogP contribution in [0, 0.1) is 0 Å². The highest BCUT2D eigenvalue weighted by atomic mass is 33.1. The highest BCUT2D eigenvalue weighted by Gasteiger charge is 2.30. The van der Waals surface area contributed by atoms with Gasteiger partial charge in [-0.15, -0.1) is 0 Å². The van der Waals surface area contributed by atoms with Crippen molar-refractivity contribution in [3.8, 4) is 0 Å². The van der Waals surface area contributed by atoms with E-state index in [1.54, 1.807) is 10.8 Å². The first-order chi connectivity index (χ1) is 4.30. The number of primary amides is 1. The molecule has 1 atom stereocenters. The van der Waals surface area contributed by atoms with Crippen molar-refractivity contribution in [1.29, 1.82) is 0 Å². The Hall–Kier alpha value is 0.170. The Morgan fingerprint density at radius 1 is 1.56 bits per heavy atom. The summed E-state index contributed by atoms with van der Waals surface area (Å²) < 4.78 is 0. The molecule has 2 N–H and O–H groups in total. The van der Waals surface area contributed by atoms with Gasteiger partial charge in [-0.25, -0.2) is 4.79 Å². The summed E-state index contributed by atoms with van der Waals surface area (Å²) >= 11 is 0. The lowest BCUT2D eigenvalue weighted by Crippen LogP contribution is -2.24. The Bertz CT molecular complexity index is 112. The summed E-state index contributed by atoms with van der Waals surface area (Å²) in [5.74, 6) is 2.13. The Morgan fingerprint density at radius 2 is 2.33 bits per heavy atom. The lowest BCUT2D eigenvalue weighted by molar-refractivity contribution is 0.267. The van der Waals surface area contributed by atoms with Crippen LogP contribution in [0.15, 0.2) is 0 Å². The number of hydrogen-bond donors (Lipinski definition) is 1. The van der Waals surface area contributed by atoms with Crippen LogP contribution in [0.3, 0.4) is 0 Å². The van der Waals surface area contributed by atoms with Crippen LogP contribution in [-0.2, 0) is 9.93 Å². The second kappa shape index (κ2) is 3.37. The molecule has 0 aromatic carbocycles. The summed E-state index contributed by atoms with van der Waals surface area (Å²) in [5, 5.41) is -0.111. The molecular weight excluding hydrogens is 154 g/mol. The zero-order valence-electron chi connectivity index (χ0n) is 5.13. The third-order valence-electron chi connectivity index (χ3n) is 1.17. The van der Waals surface area contributed by atoms with E-state index in [9.17, 15) is 4.79 Å². The average Bonchev–Trinajstić information content (AvgIpc) is 1.90. The molecule has 0 spiro atoms. The summed E-state index contributed by atoms with van der Waals surface area (Å²) in [6.45, 7) is 0. The quantitative estimate of drug-likeness (QED) is 0.431. The Morgan fingerprint density at radius 3 is 2.67 bits per heavy atom. The van der Waals surface area contributed by atoms with E-state index in [1.165, 1.54) is 12.8 Å². The van der Waals surface area contributed by atoms with E-state index in [-0.39, 0.29) is 15.2 Å². The Labute approximate surface area is 61.3 Å². The van der Waals surface area contributed by atoms with Crippen LogP contribution >= 0.6 is 10.8 Å². The van der Waals surface area contributed by atoms with Crippen molar-refractivity contribution in [2.24, 2.45) is 5.73 Å². The van der Waals surface area contributed by atoms with Crippen LogP contribution in [0.1, 0.15) is 12.8 Å². The topological polar surface area (TPSA) is 43.1 Å². The predicted octanol–water partition coefficient (Wildman–Crippen LogP) is 1.13. The molecule has 52 valence electrons. The van der Waals surface area contributed by atoms with E-state index < -0.39 is 0 Å². The molecule has 0 aromatic heterocycles. The van der Waals surface area contributed by atoms with Crippen molar-refractivity contribution in [3.05, 3.63) is 0 Å². The monoisotopic (exact) mass is 164 g/mol. The summed E-state index contributed by atoms with van der Waals surface area (Å²) in [7, 11) is 1.58. The van der Waals surface area contributed by atoms with Crippen molar-refractivity contribution in [1.82, 2.24) is 0 Å². The van der Waals surface area contributed by atoms with Crippen molar-refractivity contribution in [3.63, 3.8) is 0 Å². The fourth-order valence-electron chi connectivity index (χ4n) is 0.712. The minimum absolute atomic E-state index is 0.111. The van der Waals surface area contributed by atoms with Crippen LogP contribution in [0.25, 0.3) is 0 Å². The van der Waals surface area contributed by atoms with Crippen LogP contribution in [-0.4, -0.2) is 16.7 Å². The number of carbonyl (C=O) groups is 1. The smallest absolute Gasteiger partial charge is 0.324 e. The molecule has 1 heterocycles. The number of carbonyl (C=O) groups excluding carboxylic acids is 1. The van der Waals surface area contributed by atoms with Gasteiger partial charge in [-0.3, -0.25) is 0 Å². The van der Waals surface area contributed by atoms with Gasteiger partial charge in [-0.2, -0.15) is 0 Å². The van der Waals surface area contributed by atoms with Gasteiger partial charge in [-0.1, -0.05) is 0 Å². The minimum Gasteiger partial charge on any atom is -0.324 e. The van der Waals surface area contributed by atoms with Crippen molar-refractivity contribution >= 4 is 26.0 Å². The van der Waals surface area contributed by atoms with Gasteiger partial charge in [0.05, 0.1) is 0 Å². The molecule has 1 rings (SSSR count). The third kappa shape index (κ3) is 2.10. The van der Waals surface area contributed by atoms with E-state index in [1.807, 2.05) is 0 Å². The molecule has 1 fully saturated rings.